The molecular weight excluding hydrogens is 435 g/mol. The number of benzene rings is 2. The summed E-state index contributed by atoms with van der Waals surface area (Å²) in [6.07, 6.45) is 2.83. The molecule has 2 amide bonds. The van der Waals surface area contributed by atoms with Gasteiger partial charge in [0, 0.05) is 30.9 Å². The number of para-hydroxylation sites is 1. The van der Waals surface area contributed by atoms with Gasteiger partial charge < -0.3 is 20.3 Å². The zero-order valence-corrected chi connectivity index (χ0v) is 19.0. The van der Waals surface area contributed by atoms with Gasteiger partial charge >= 0.3 is 0 Å². The zero-order valence-electron chi connectivity index (χ0n) is 19.0. The van der Waals surface area contributed by atoms with Gasteiger partial charge in [-0.3, -0.25) is 9.59 Å². The number of anilines is 2. The lowest BCUT2D eigenvalue weighted by Gasteiger charge is -2.32. The molecule has 1 aliphatic heterocycles. The molecule has 8 heteroatoms. The summed E-state index contributed by atoms with van der Waals surface area (Å²) >= 11 is 0. The summed E-state index contributed by atoms with van der Waals surface area (Å²) in [6.45, 7) is 3.58. The number of hydrogen-bond donors (Lipinski definition) is 2. The van der Waals surface area contributed by atoms with Gasteiger partial charge in [-0.15, -0.1) is 0 Å². The number of nitrogens with one attached hydrogen (secondary N) is 2. The van der Waals surface area contributed by atoms with Crippen LogP contribution in [0.25, 0.3) is 0 Å². The van der Waals surface area contributed by atoms with Crippen molar-refractivity contribution in [2.75, 3.05) is 25.0 Å². The second-order valence-electron chi connectivity index (χ2n) is 8.00. The first-order valence-electron chi connectivity index (χ1n) is 11.3. The number of carbonyl (C=O) groups is 2. The van der Waals surface area contributed by atoms with E-state index in [2.05, 4.69) is 15.6 Å². The third-order valence-electron chi connectivity index (χ3n) is 5.71. The maximum absolute atomic E-state index is 14.0. The molecule has 34 heavy (non-hydrogen) atoms. The molecule has 1 aromatic heterocycles. The Hall–Kier alpha value is -3.94. The molecule has 1 aliphatic rings. The van der Waals surface area contributed by atoms with E-state index in [1.807, 2.05) is 6.92 Å². The highest BCUT2D eigenvalue weighted by molar-refractivity contribution is 5.99. The molecule has 0 bridgehead atoms. The molecule has 3 aromatic rings. The predicted molar refractivity (Wildman–Crippen MR) is 128 cm³/mol. The molecule has 0 radical (unpaired) electrons. The van der Waals surface area contributed by atoms with Crippen LogP contribution in [0.4, 0.5) is 15.9 Å². The van der Waals surface area contributed by atoms with Gasteiger partial charge in [0.2, 0.25) is 0 Å². The number of hydrogen-bond acceptors (Lipinski definition) is 5. The fourth-order valence-corrected chi connectivity index (χ4v) is 3.91. The zero-order chi connectivity index (χ0) is 23.9. The van der Waals surface area contributed by atoms with Gasteiger partial charge in [-0.1, -0.05) is 12.1 Å². The number of aromatic nitrogens is 1. The van der Waals surface area contributed by atoms with Crippen LogP contribution in [0.2, 0.25) is 0 Å². The molecular formula is C26H27FN4O3. The van der Waals surface area contributed by atoms with E-state index >= 15 is 0 Å². The van der Waals surface area contributed by atoms with E-state index in [-0.39, 0.29) is 29.4 Å². The number of halogens is 1. The topological polar surface area (TPSA) is 83.6 Å². The molecule has 1 fully saturated rings. The molecule has 0 unspecified atom stereocenters. The van der Waals surface area contributed by atoms with Crippen LogP contribution in [-0.4, -0.2) is 47.4 Å². The van der Waals surface area contributed by atoms with E-state index in [1.54, 1.807) is 65.7 Å². The van der Waals surface area contributed by atoms with Crippen LogP contribution in [0.1, 0.15) is 40.5 Å². The second-order valence-corrected chi connectivity index (χ2v) is 8.00. The molecule has 0 saturated carbocycles. The predicted octanol–water partition coefficient (Wildman–Crippen LogP) is 4.40. The smallest absolute Gasteiger partial charge is 0.255 e. The molecule has 2 N–H and O–H groups in total. The number of ether oxygens (including phenoxy) is 1. The summed E-state index contributed by atoms with van der Waals surface area (Å²) in [6, 6.07) is 16.6. The third-order valence-corrected chi connectivity index (χ3v) is 5.71. The van der Waals surface area contributed by atoms with Crippen molar-refractivity contribution in [3.8, 4) is 5.75 Å². The van der Waals surface area contributed by atoms with E-state index in [0.717, 1.165) is 5.75 Å². The van der Waals surface area contributed by atoms with E-state index < -0.39 is 5.82 Å². The van der Waals surface area contributed by atoms with Crippen LogP contribution in [0.5, 0.6) is 5.75 Å². The van der Waals surface area contributed by atoms with Crippen LogP contribution in [-0.2, 0) is 0 Å². The molecule has 0 aliphatic carbocycles. The first-order chi connectivity index (χ1) is 16.5. The van der Waals surface area contributed by atoms with Crippen molar-refractivity contribution < 1.29 is 18.7 Å². The molecule has 0 atom stereocenters. The summed E-state index contributed by atoms with van der Waals surface area (Å²) in [7, 11) is 0. The van der Waals surface area contributed by atoms with Crippen molar-refractivity contribution >= 4 is 23.3 Å². The first-order valence-corrected chi connectivity index (χ1v) is 11.3. The SMILES string of the molecule is CCOc1ccc(C(=O)N2CCC(NC(=O)c3cccnc3Nc3ccccc3F)CC2)cc1. The largest absolute Gasteiger partial charge is 0.494 e. The quantitative estimate of drug-likeness (QED) is 0.544. The van der Waals surface area contributed by atoms with Gasteiger partial charge in [0.05, 0.1) is 17.9 Å². The van der Waals surface area contributed by atoms with Crippen molar-refractivity contribution in [1.82, 2.24) is 15.2 Å². The molecule has 0 spiro atoms. The van der Waals surface area contributed by atoms with Crippen molar-refractivity contribution in [3.63, 3.8) is 0 Å². The molecule has 2 aromatic carbocycles. The monoisotopic (exact) mass is 462 g/mol. The second kappa shape index (κ2) is 10.8. The van der Waals surface area contributed by atoms with Gasteiger partial charge in [-0.25, -0.2) is 9.37 Å². The summed E-state index contributed by atoms with van der Waals surface area (Å²) in [5.74, 6) is 0.275. The maximum atomic E-state index is 14.0. The molecule has 7 nitrogen and oxygen atoms in total. The van der Waals surface area contributed by atoms with Gasteiger partial charge in [-0.05, 0) is 68.3 Å². The van der Waals surface area contributed by atoms with E-state index in [0.29, 0.717) is 43.7 Å². The average Bonchev–Trinajstić information content (AvgIpc) is 2.86. The number of likely N-dealkylation sites (tertiary alicyclic amines) is 1. The Balaban J connectivity index is 1.34. The first kappa shape index (κ1) is 23.2. The Morgan fingerprint density at radius 1 is 1.06 bits per heavy atom. The van der Waals surface area contributed by atoms with Crippen molar-refractivity contribution in [2.24, 2.45) is 0 Å². The van der Waals surface area contributed by atoms with Crippen molar-refractivity contribution in [1.29, 1.82) is 0 Å². The van der Waals surface area contributed by atoms with Crippen LogP contribution < -0.4 is 15.4 Å². The van der Waals surface area contributed by atoms with Gasteiger partial charge in [-0.2, -0.15) is 0 Å². The van der Waals surface area contributed by atoms with Crippen LogP contribution >= 0.6 is 0 Å². The summed E-state index contributed by atoms with van der Waals surface area (Å²) in [5, 5.41) is 5.93. The number of pyridine rings is 1. The minimum Gasteiger partial charge on any atom is -0.494 e. The van der Waals surface area contributed by atoms with Crippen LogP contribution in [0.15, 0.2) is 66.9 Å². The minimum absolute atomic E-state index is 0.0311. The number of nitrogens with zero attached hydrogens (tertiary/aromatic N) is 2. The maximum Gasteiger partial charge on any atom is 0.255 e. The fraction of sp³-hybridized carbons (Fsp3) is 0.269. The lowest BCUT2D eigenvalue weighted by atomic mass is 10.0. The van der Waals surface area contributed by atoms with Gasteiger partial charge in [0.25, 0.3) is 11.8 Å². The van der Waals surface area contributed by atoms with Crippen molar-refractivity contribution in [2.45, 2.75) is 25.8 Å². The fourth-order valence-electron chi connectivity index (χ4n) is 3.91. The number of amides is 2. The van der Waals surface area contributed by atoms with Crippen LogP contribution in [0.3, 0.4) is 0 Å². The summed E-state index contributed by atoms with van der Waals surface area (Å²) in [4.78, 5) is 31.8. The highest BCUT2D eigenvalue weighted by Crippen LogP contribution is 2.22. The van der Waals surface area contributed by atoms with Gasteiger partial charge in [0.1, 0.15) is 17.4 Å². The molecule has 1 saturated heterocycles. The normalized spacial score (nSPS) is 13.9. The summed E-state index contributed by atoms with van der Waals surface area (Å²) in [5.41, 5.74) is 1.19. The van der Waals surface area contributed by atoms with Crippen molar-refractivity contribution in [3.05, 3.63) is 83.8 Å². The van der Waals surface area contributed by atoms with E-state index in [1.165, 1.54) is 6.07 Å². The van der Waals surface area contributed by atoms with Gasteiger partial charge in [0.15, 0.2) is 0 Å². The highest BCUT2D eigenvalue weighted by Gasteiger charge is 2.25. The Bertz CT molecular complexity index is 1140. The lowest BCUT2D eigenvalue weighted by Crippen LogP contribution is -2.46. The lowest BCUT2D eigenvalue weighted by molar-refractivity contribution is 0.0698. The number of piperidine rings is 1. The Labute approximate surface area is 198 Å². The van der Waals surface area contributed by atoms with Crippen LogP contribution in [0, 0.1) is 5.82 Å². The van der Waals surface area contributed by atoms with E-state index in [4.69, 9.17) is 4.74 Å². The molecule has 4 rings (SSSR count). The standard InChI is InChI=1S/C26H27FN4O3/c1-2-34-20-11-9-18(10-12-20)26(33)31-16-13-19(14-17-31)29-25(32)21-6-5-15-28-24(21)30-23-8-4-3-7-22(23)27/h3-12,15,19H,2,13-14,16-17H2,1H3,(H,28,30)(H,29,32). The Morgan fingerprint density at radius 2 is 1.79 bits per heavy atom. The minimum atomic E-state index is -0.427. The molecule has 2 heterocycles. The number of carbonyl (C=O) groups excluding carboxylic acids is 2. The molecule has 176 valence electrons. The average molecular weight is 463 g/mol. The highest BCUT2D eigenvalue weighted by atomic mass is 19.1. The summed E-state index contributed by atoms with van der Waals surface area (Å²) < 4.78 is 19.5. The third kappa shape index (κ3) is 5.51. The van der Waals surface area contributed by atoms with E-state index in [9.17, 15) is 14.0 Å². The Kier molecular flexibility index (Phi) is 7.37. The Morgan fingerprint density at radius 3 is 2.50 bits per heavy atom. The number of rotatable bonds is 7.